The minimum Gasteiger partial charge on any atom is -0.356 e. The molecule has 0 atom stereocenters. The van der Waals surface area contributed by atoms with Gasteiger partial charge in [0.15, 0.2) is 5.82 Å². The number of aldehydes is 1. The van der Waals surface area contributed by atoms with Crippen molar-refractivity contribution in [3.05, 3.63) is 64.8 Å². The molecule has 1 aromatic heterocycles. The molecule has 4 rings (SSSR count). The van der Waals surface area contributed by atoms with Gasteiger partial charge in [-0.15, -0.1) is 0 Å². The highest BCUT2D eigenvalue weighted by Crippen LogP contribution is 2.35. The van der Waals surface area contributed by atoms with Crippen LogP contribution < -0.4 is 10.2 Å². The number of likely N-dealkylation sites (N-methyl/N-ethyl adjacent to an activating group) is 1. The fourth-order valence-corrected chi connectivity index (χ4v) is 4.37. The Kier molecular flexibility index (Phi) is 6.56. The first-order valence-corrected chi connectivity index (χ1v) is 11.1. The number of halogens is 2. The van der Waals surface area contributed by atoms with Crippen molar-refractivity contribution >= 4 is 35.3 Å². The number of piperidine rings is 1. The molecule has 1 fully saturated rings. The predicted molar refractivity (Wildman–Crippen MR) is 127 cm³/mol. The summed E-state index contributed by atoms with van der Waals surface area (Å²) in [5.74, 6) is 1.42. The number of anilines is 1. The lowest BCUT2D eigenvalue weighted by atomic mass is 9.88. The van der Waals surface area contributed by atoms with Gasteiger partial charge in [0.1, 0.15) is 12.1 Å². The Morgan fingerprint density at radius 2 is 1.77 bits per heavy atom. The first-order valence-electron chi connectivity index (χ1n) is 10.4. The SMILES string of the molecule is CCNC1(C=O)CCN(c2nc(-c3ccccc3Cl)ncc2-c2ccc(Cl)cc2)CC1. The fourth-order valence-electron chi connectivity index (χ4n) is 4.03. The Morgan fingerprint density at radius 1 is 1.06 bits per heavy atom. The van der Waals surface area contributed by atoms with Gasteiger partial charge >= 0.3 is 0 Å². The number of aromatic nitrogens is 2. The number of nitrogens with one attached hydrogen (secondary N) is 1. The molecule has 0 unspecified atom stereocenters. The molecule has 1 saturated heterocycles. The molecular formula is C24H24Cl2N4O. The summed E-state index contributed by atoms with van der Waals surface area (Å²) in [5.41, 5.74) is 2.24. The Morgan fingerprint density at radius 3 is 2.42 bits per heavy atom. The third-order valence-electron chi connectivity index (χ3n) is 5.75. The van der Waals surface area contributed by atoms with Crippen LogP contribution >= 0.6 is 23.2 Å². The second-order valence-electron chi connectivity index (χ2n) is 7.71. The number of carbonyl (C=O) groups excluding carboxylic acids is 1. The smallest absolute Gasteiger partial charge is 0.163 e. The summed E-state index contributed by atoms with van der Waals surface area (Å²) in [6.07, 6.45) is 4.34. The molecule has 0 bridgehead atoms. The largest absolute Gasteiger partial charge is 0.356 e. The van der Waals surface area contributed by atoms with E-state index in [0.717, 1.165) is 48.2 Å². The molecule has 1 aliphatic heterocycles. The molecular weight excluding hydrogens is 431 g/mol. The molecule has 5 nitrogen and oxygen atoms in total. The molecule has 0 amide bonds. The first-order chi connectivity index (χ1) is 15.0. The molecule has 1 N–H and O–H groups in total. The van der Waals surface area contributed by atoms with Crippen LogP contribution in [0.15, 0.2) is 54.7 Å². The number of rotatable bonds is 6. The van der Waals surface area contributed by atoms with Crippen molar-refractivity contribution in [2.45, 2.75) is 25.3 Å². The highest BCUT2D eigenvalue weighted by Gasteiger charge is 2.34. The molecule has 0 saturated carbocycles. The lowest BCUT2D eigenvalue weighted by Gasteiger charge is -2.39. The van der Waals surface area contributed by atoms with Gasteiger partial charge in [0.05, 0.1) is 10.6 Å². The normalized spacial score (nSPS) is 15.6. The van der Waals surface area contributed by atoms with E-state index >= 15 is 0 Å². The number of carbonyl (C=O) groups is 1. The zero-order valence-electron chi connectivity index (χ0n) is 17.3. The highest BCUT2D eigenvalue weighted by molar-refractivity contribution is 6.33. The van der Waals surface area contributed by atoms with E-state index in [-0.39, 0.29) is 0 Å². The van der Waals surface area contributed by atoms with E-state index in [2.05, 4.69) is 15.2 Å². The predicted octanol–water partition coefficient (Wildman–Crippen LogP) is 5.26. The van der Waals surface area contributed by atoms with E-state index in [9.17, 15) is 4.79 Å². The molecule has 3 aromatic rings. The first kappa shape index (κ1) is 21.8. The van der Waals surface area contributed by atoms with Crippen molar-refractivity contribution in [3.8, 4) is 22.5 Å². The molecule has 1 aliphatic rings. The fraction of sp³-hybridized carbons (Fsp3) is 0.292. The van der Waals surface area contributed by atoms with Crippen LogP contribution in [0.2, 0.25) is 10.0 Å². The van der Waals surface area contributed by atoms with Crippen molar-refractivity contribution in [2.24, 2.45) is 0 Å². The molecule has 0 radical (unpaired) electrons. The van der Waals surface area contributed by atoms with Crippen LogP contribution in [0, 0.1) is 0 Å². The van der Waals surface area contributed by atoms with Crippen molar-refractivity contribution in [1.82, 2.24) is 15.3 Å². The van der Waals surface area contributed by atoms with Crippen LogP contribution in [0.4, 0.5) is 5.82 Å². The number of hydrogen-bond donors (Lipinski definition) is 1. The molecule has 2 aromatic carbocycles. The lowest BCUT2D eigenvalue weighted by molar-refractivity contribution is -0.114. The average Bonchev–Trinajstić information content (AvgIpc) is 2.80. The molecule has 0 spiro atoms. The van der Waals surface area contributed by atoms with E-state index in [1.54, 1.807) is 0 Å². The third-order valence-corrected chi connectivity index (χ3v) is 6.33. The monoisotopic (exact) mass is 454 g/mol. The molecule has 7 heteroatoms. The topological polar surface area (TPSA) is 58.1 Å². The number of hydrogen-bond acceptors (Lipinski definition) is 5. The highest BCUT2D eigenvalue weighted by atomic mass is 35.5. The average molecular weight is 455 g/mol. The maximum Gasteiger partial charge on any atom is 0.163 e. The van der Waals surface area contributed by atoms with E-state index in [1.807, 2.05) is 61.7 Å². The number of benzene rings is 2. The van der Waals surface area contributed by atoms with Gasteiger partial charge in [0.2, 0.25) is 0 Å². The Labute approximate surface area is 192 Å². The molecule has 31 heavy (non-hydrogen) atoms. The summed E-state index contributed by atoms with van der Waals surface area (Å²) in [4.78, 5) is 23.6. The maximum absolute atomic E-state index is 11.8. The van der Waals surface area contributed by atoms with Crippen LogP contribution in [-0.2, 0) is 4.79 Å². The van der Waals surface area contributed by atoms with Crippen molar-refractivity contribution in [1.29, 1.82) is 0 Å². The van der Waals surface area contributed by atoms with Crippen molar-refractivity contribution in [3.63, 3.8) is 0 Å². The van der Waals surface area contributed by atoms with Gasteiger partial charge in [0.25, 0.3) is 0 Å². The van der Waals surface area contributed by atoms with Gasteiger partial charge in [-0.1, -0.05) is 54.4 Å². The summed E-state index contributed by atoms with van der Waals surface area (Å²) in [6, 6.07) is 15.2. The van der Waals surface area contributed by atoms with Crippen LogP contribution in [0.1, 0.15) is 19.8 Å². The van der Waals surface area contributed by atoms with E-state index in [0.29, 0.717) is 29.0 Å². The van der Waals surface area contributed by atoms with Crippen LogP contribution in [0.25, 0.3) is 22.5 Å². The lowest BCUT2D eigenvalue weighted by Crippen LogP contribution is -2.54. The van der Waals surface area contributed by atoms with E-state index < -0.39 is 5.54 Å². The van der Waals surface area contributed by atoms with Gasteiger partial charge in [-0.2, -0.15) is 0 Å². The summed E-state index contributed by atoms with van der Waals surface area (Å²) in [7, 11) is 0. The van der Waals surface area contributed by atoms with Gasteiger partial charge in [-0.3, -0.25) is 0 Å². The van der Waals surface area contributed by atoms with E-state index in [4.69, 9.17) is 28.2 Å². The second-order valence-corrected chi connectivity index (χ2v) is 8.55. The minimum absolute atomic E-state index is 0.468. The number of nitrogens with zero attached hydrogens (tertiary/aromatic N) is 3. The van der Waals surface area contributed by atoms with Crippen LogP contribution in [-0.4, -0.2) is 41.4 Å². The van der Waals surface area contributed by atoms with Gasteiger partial charge in [0, 0.05) is 35.4 Å². The summed E-state index contributed by atoms with van der Waals surface area (Å²) in [5, 5.41) is 4.65. The summed E-state index contributed by atoms with van der Waals surface area (Å²) < 4.78 is 0. The van der Waals surface area contributed by atoms with Gasteiger partial charge < -0.3 is 15.0 Å². The zero-order chi connectivity index (χ0) is 21.8. The third kappa shape index (κ3) is 4.59. The quantitative estimate of drug-likeness (QED) is 0.514. The summed E-state index contributed by atoms with van der Waals surface area (Å²) >= 11 is 12.5. The van der Waals surface area contributed by atoms with Crippen molar-refractivity contribution < 1.29 is 4.79 Å². The van der Waals surface area contributed by atoms with Crippen LogP contribution in [0.3, 0.4) is 0 Å². The Balaban J connectivity index is 1.74. The summed E-state index contributed by atoms with van der Waals surface area (Å²) in [6.45, 7) is 4.21. The standard InChI is InChI=1S/C24H24Cl2N4O/c1-2-28-24(16-31)11-13-30(14-12-24)23-20(17-7-9-18(25)10-8-17)15-27-22(29-23)19-5-3-4-6-21(19)26/h3-10,15-16,28H,2,11-14H2,1H3. The Bertz CT molecular complexity index is 1060. The molecule has 160 valence electrons. The molecule has 2 heterocycles. The van der Waals surface area contributed by atoms with E-state index in [1.165, 1.54) is 0 Å². The maximum atomic E-state index is 11.8. The van der Waals surface area contributed by atoms with Crippen molar-refractivity contribution in [2.75, 3.05) is 24.5 Å². The second kappa shape index (κ2) is 9.35. The van der Waals surface area contributed by atoms with Crippen LogP contribution in [0.5, 0.6) is 0 Å². The van der Waals surface area contributed by atoms with Gasteiger partial charge in [-0.05, 0) is 49.2 Å². The minimum atomic E-state index is -0.468. The molecule has 0 aliphatic carbocycles. The zero-order valence-corrected chi connectivity index (χ0v) is 18.8. The van der Waals surface area contributed by atoms with Gasteiger partial charge in [-0.25, -0.2) is 9.97 Å². The Hall–Kier alpha value is -2.47.